The lowest BCUT2D eigenvalue weighted by molar-refractivity contribution is -0.384. The maximum Gasteiger partial charge on any atom is 0.274 e. The van der Waals surface area contributed by atoms with Gasteiger partial charge in [-0.1, -0.05) is 0 Å². The van der Waals surface area contributed by atoms with Crippen molar-refractivity contribution in [1.82, 2.24) is 9.55 Å². The molecule has 1 saturated heterocycles. The number of benzene rings is 1. The molecule has 1 aliphatic heterocycles. The largest absolute Gasteiger partial charge is 0.487 e. The molecule has 1 unspecified atom stereocenters. The normalized spacial score (nSPS) is 16.9. The zero-order valence-electron chi connectivity index (χ0n) is 14.1. The Bertz CT molecular complexity index is 1050. The van der Waals surface area contributed by atoms with E-state index >= 15 is 0 Å². The van der Waals surface area contributed by atoms with Crippen LogP contribution in [-0.2, 0) is 11.8 Å². The molecule has 134 valence electrons. The molecule has 3 aromatic rings. The number of nitro groups is 1. The summed E-state index contributed by atoms with van der Waals surface area (Å²) in [7, 11) is 1.65. The number of hydrogen-bond acceptors (Lipinski definition) is 5. The van der Waals surface area contributed by atoms with Crippen molar-refractivity contribution >= 4 is 16.6 Å². The fourth-order valence-corrected chi connectivity index (χ4v) is 3.21. The summed E-state index contributed by atoms with van der Waals surface area (Å²) in [6.07, 6.45) is 4.03. The number of aromatic nitrogens is 2. The van der Waals surface area contributed by atoms with Gasteiger partial charge in [0.2, 0.25) is 0 Å². The van der Waals surface area contributed by atoms with Crippen LogP contribution >= 0.6 is 0 Å². The van der Waals surface area contributed by atoms with Gasteiger partial charge in [-0.2, -0.15) is 0 Å². The van der Waals surface area contributed by atoms with Crippen molar-refractivity contribution < 1.29 is 14.4 Å². The summed E-state index contributed by atoms with van der Waals surface area (Å²) in [6, 6.07) is 6.30. The third kappa shape index (κ3) is 2.74. The number of non-ortho nitro benzene ring substituents is 1. The lowest BCUT2D eigenvalue weighted by Gasteiger charge is -2.16. The van der Waals surface area contributed by atoms with Gasteiger partial charge in [-0.15, -0.1) is 0 Å². The summed E-state index contributed by atoms with van der Waals surface area (Å²) in [5.41, 5.74) is 1.53. The molecule has 0 radical (unpaired) electrons. The fourth-order valence-electron chi connectivity index (χ4n) is 3.21. The van der Waals surface area contributed by atoms with E-state index in [1.54, 1.807) is 31.6 Å². The highest BCUT2D eigenvalue weighted by Crippen LogP contribution is 2.37. The third-order valence-corrected chi connectivity index (χ3v) is 4.54. The number of fused-ring (bicyclic) bond motifs is 1. The monoisotopic (exact) mass is 355 g/mol. The van der Waals surface area contributed by atoms with E-state index in [0.717, 1.165) is 6.42 Å². The quantitative estimate of drug-likeness (QED) is 0.573. The number of pyridine rings is 1. The molecule has 1 atom stereocenters. The van der Waals surface area contributed by atoms with E-state index < -0.39 is 4.92 Å². The number of nitro benzene ring substituents is 1. The predicted octanol–water partition coefficient (Wildman–Crippen LogP) is 2.61. The first-order chi connectivity index (χ1) is 12.5. The number of hydrogen-bond donors (Lipinski definition) is 1. The molecule has 8 heteroatoms. The van der Waals surface area contributed by atoms with Gasteiger partial charge in [0.15, 0.2) is 0 Å². The number of H-pyrrole nitrogens is 1. The Balaban J connectivity index is 1.92. The van der Waals surface area contributed by atoms with Crippen LogP contribution in [0.1, 0.15) is 6.42 Å². The minimum Gasteiger partial charge on any atom is -0.487 e. The van der Waals surface area contributed by atoms with E-state index in [-0.39, 0.29) is 17.4 Å². The van der Waals surface area contributed by atoms with Crippen molar-refractivity contribution in [2.75, 3.05) is 13.2 Å². The highest BCUT2D eigenvalue weighted by atomic mass is 16.6. The number of nitrogens with one attached hydrogen (secondary N) is 1. The van der Waals surface area contributed by atoms with Crippen LogP contribution in [0.25, 0.3) is 22.0 Å². The third-order valence-electron chi connectivity index (χ3n) is 4.54. The van der Waals surface area contributed by atoms with Crippen molar-refractivity contribution in [2.24, 2.45) is 7.05 Å². The predicted molar refractivity (Wildman–Crippen MR) is 95.5 cm³/mol. The topological polar surface area (TPSA) is 99.4 Å². The maximum absolute atomic E-state index is 12.3. The molecule has 4 rings (SSSR count). The van der Waals surface area contributed by atoms with E-state index in [9.17, 15) is 14.9 Å². The molecule has 1 N–H and O–H groups in total. The molecular formula is C18H17N3O5. The van der Waals surface area contributed by atoms with Gasteiger partial charge in [-0.05, 0) is 12.1 Å². The fraction of sp³-hybridized carbons (Fsp3) is 0.278. The molecule has 2 aromatic heterocycles. The van der Waals surface area contributed by atoms with Crippen molar-refractivity contribution in [3.63, 3.8) is 0 Å². The number of nitrogens with zero attached hydrogens (tertiary/aromatic N) is 2. The smallest absolute Gasteiger partial charge is 0.274 e. The average Bonchev–Trinajstić information content (AvgIpc) is 3.30. The van der Waals surface area contributed by atoms with Crippen LogP contribution in [0.5, 0.6) is 5.75 Å². The minimum atomic E-state index is -0.442. The number of rotatable bonds is 4. The minimum absolute atomic E-state index is 0.0347. The lowest BCUT2D eigenvalue weighted by atomic mass is 10.0. The Labute approximate surface area is 148 Å². The summed E-state index contributed by atoms with van der Waals surface area (Å²) in [6.45, 7) is 1.12. The van der Waals surface area contributed by atoms with Gasteiger partial charge in [-0.3, -0.25) is 14.9 Å². The van der Waals surface area contributed by atoms with Gasteiger partial charge in [0, 0.05) is 54.5 Å². The van der Waals surface area contributed by atoms with Crippen LogP contribution in [-0.4, -0.2) is 33.8 Å². The molecule has 0 amide bonds. The first kappa shape index (κ1) is 16.3. The molecule has 0 saturated carbocycles. The second kappa shape index (κ2) is 6.30. The molecule has 0 spiro atoms. The highest BCUT2D eigenvalue weighted by Gasteiger charge is 2.22. The maximum atomic E-state index is 12.3. The molecular weight excluding hydrogens is 338 g/mol. The second-order valence-corrected chi connectivity index (χ2v) is 6.27. The Morgan fingerprint density at radius 3 is 2.92 bits per heavy atom. The van der Waals surface area contributed by atoms with E-state index in [2.05, 4.69) is 4.98 Å². The van der Waals surface area contributed by atoms with Crippen molar-refractivity contribution in [1.29, 1.82) is 0 Å². The summed E-state index contributed by atoms with van der Waals surface area (Å²) >= 11 is 0. The SMILES string of the molecule is Cn1cc(-c2cc([N+](=O)[O-])ccc2OC2CCOC2)c2cc[nH]c2c1=O. The first-order valence-corrected chi connectivity index (χ1v) is 8.24. The molecule has 0 bridgehead atoms. The zero-order valence-corrected chi connectivity index (χ0v) is 14.1. The van der Waals surface area contributed by atoms with E-state index in [1.807, 2.05) is 0 Å². The highest BCUT2D eigenvalue weighted by molar-refractivity contribution is 5.96. The molecule has 26 heavy (non-hydrogen) atoms. The standard InChI is InChI=1S/C18H17N3O5/c1-20-9-15(13-4-6-19-17(13)18(20)22)14-8-11(21(23)24)2-3-16(14)26-12-5-7-25-10-12/h2-4,6,8-9,12,19H,5,7,10H2,1H3. The van der Waals surface area contributed by atoms with E-state index in [1.165, 1.54) is 16.7 Å². The molecule has 0 aliphatic carbocycles. The summed E-state index contributed by atoms with van der Waals surface area (Å²) in [5, 5.41) is 12.0. The summed E-state index contributed by atoms with van der Waals surface area (Å²) in [4.78, 5) is 26.0. The number of aromatic amines is 1. The van der Waals surface area contributed by atoms with Crippen LogP contribution in [0.15, 0.2) is 41.5 Å². The van der Waals surface area contributed by atoms with Crippen LogP contribution in [0, 0.1) is 10.1 Å². The summed E-state index contributed by atoms with van der Waals surface area (Å²) in [5.74, 6) is 0.534. The van der Waals surface area contributed by atoms with Crippen LogP contribution in [0.2, 0.25) is 0 Å². The average molecular weight is 355 g/mol. The number of ether oxygens (including phenoxy) is 2. The molecule has 1 aromatic carbocycles. The van der Waals surface area contributed by atoms with Gasteiger partial charge < -0.3 is 19.0 Å². The number of aryl methyl sites for hydroxylation is 1. The molecule has 1 fully saturated rings. The molecule has 8 nitrogen and oxygen atoms in total. The second-order valence-electron chi connectivity index (χ2n) is 6.27. The zero-order chi connectivity index (χ0) is 18.3. The van der Waals surface area contributed by atoms with Crippen molar-refractivity contribution in [3.8, 4) is 16.9 Å². The van der Waals surface area contributed by atoms with Gasteiger partial charge in [0.25, 0.3) is 11.2 Å². The Hall–Kier alpha value is -3.13. The Morgan fingerprint density at radius 1 is 1.35 bits per heavy atom. The van der Waals surface area contributed by atoms with Gasteiger partial charge >= 0.3 is 0 Å². The van der Waals surface area contributed by atoms with E-state index in [0.29, 0.717) is 41.0 Å². The van der Waals surface area contributed by atoms with Crippen molar-refractivity contribution in [2.45, 2.75) is 12.5 Å². The van der Waals surface area contributed by atoms with Crippen LogP contribution < -0.4 is 10.3 Å². The Morgan fingerprint density at radius 2 is 2.19 bits per heavy atom. The molecule has 3 heterocycles. The van der Waals surface area contributed by atoms with E-state index in [4.69, 9.17) is 9.47 Å². The summed E-state index contributed by atoms with van der Waals surface area (Å²) < 4.78 is 12.8. The first-order valence-electron chi connectivity index (χ1n) is 8.24. The molecule has 1 aliphatic rings. The van der Waals surface area contributed by atoms with Crippen LogP contribution in [0.3, 0.4) is 0 Å². The van der Waals surface area contributed by atoms with Gasteiger partial charge in [-0.25, -0.2) is 0 Å². The van der Waals surface area contributed by atoms with Gasteiger partial charge in [0.1, 0.15) is 17.4 Å². The van der Waals surface area contributed by atoms with Crippen molar-refractivity contribution in [3.05, 3.63) is 57.1 Å². The lowest BCUT2D eigenvalue weighted by Crippen LogP contribution is -2.18. The van der Waals surface area contributed by atoms with Gasteiger partial charge in [0.05, 0.1) is 18.1 Å². The van der Waals surface area contributed by atoms with Crippen LogP contribution in [0.4, 0.5) is 5.69 Å². The Kier molecular flexibility index (Phi) is 3.96.